The van der Waals surface area contributed by atoms with E-state index in [0.29, 0.717) is 30.1 Å². The molecule has 0 unspecified atom stereocenters. The van der Waals surface area contributed by atoms with Gasteiger partial charge < -0.3 is 10.0 Å². The van der Waals surface area contributed by atoms with Gasteiger partial charge in [0.1, 0.15) is 0 Å². The molecule has 0 spiro atoms. The van der Waals surface area contributed by atoms with Crippen molar-refractivity contribution in [1.29, 1.82) is 0 Å². The number of rotatable bonds is 6. The molecule has 2 aromatic rings. The topological polar surface area (TPSA) is 40.5 Å². The van der Waals surface area contributed by atoms with Crippen LogP contribution in [0.3, 0.4) is 0 Å². The van der Waals surface area contributed by atoms with E-state index in [4.69, 9.17) is 16.7 Å². The Kier molecular flexibility index (Phi) is 6.20. The SMILES string of the molecule is Cc1ccc(CN(CCCO)C(=O)c2cc(Cl)ccc2C)cc1. The van der Waals surface area contributed by atoms with E-state index in [1.54, 1.807) is 17.0 Å². The lowest BCUT2D eigenvalue weighted by molar-refractivity contribution is 0.0731. The molecule has 0 aromatic heterocycles. The summed E-state index contributed by atoms with van der Waals surface area (Å²) in [4.78, 5) is 14.6. The van der Waals surface area contributed by atoms with Gasteiger partial charge >= 0.3 is 0 Å². The summed E-state index contributed by atoms with van der Waals surface area (Å²) >= 11 is 6.04. The number of halogens is 1. The summed E-state index contributed by atoms with van der Waals surface area (Å²) in [5, 5.41) is 9.66. The summed E-state index contributed by atoms with van der Waals surface area (Å²) in [6, 6.07) is 13.5. The Morgan fingerprint density at radius 1 is 1.13 bits per heavy atom. The number of benzene rings is 2. The van der Waals surface area contributed by atoms with Crippen LogP contribution in [0.5, 0.6) is 0 Å². The predicted molar refractivity (Wildman–Crippen MR) is 93.8 cm³/mol. The molecule has 1 N–H and O–H groups in total. The molecule has 4 heteroatoms. The highest BCUT2D eigenvalue weighted by Crippen LogP contribution is 2.19. The Balaban J connectivity index is 2.24. The van der Waals surface area contributed by atoms with Crippen LogP contribution in [-0.2, 0) is 6.54 Å². The molecule has 2 rings (SSSR count). The summed E-state index contributed by atoms with van der Waals surface area (Å²) in [5.41, 5.74) is 3.77. The third-order valence-electron chi connectivity index (χ3n) is 3.80. The third kappa shape index (κ3) is 4.81. The van der Waals surface area contributed by atoms with Crippen LogP contribution in [0.25, 0.3) is 0 Å². The van der Waals surface area contributed by atoms with Crippen LogP contribution < -0.4 is 0 Å². The van der Waals surface area contributed by atoms with E-state index in [1.165, 1.54) is 5.56 Å². The molecule has 0 fully saturated rings. The van der Waals surface area contributed by atoms with Crippen LogP contribution in [0.15, 0.2) is 42.5 Å². The Morgan fingerprint density at radius 3 is 2.48 bits per heavy atom. The van der Waals surface area contributed by atoms with Gasteiger partial charge in [-0.2, -0.15) is 0 Å². The second kappa shape index (κ2) is 8.14. The van der Waals surface area contributed by atoms with Gasteiger partial charge in [0.15, 0.2) is 0 Å². The minimum absolute atomic E-state index is 0.0565. The van der Waals surface area contributed by atoms with Crippen molar-refractivity contribution in [2.24, 2.45) is 0 Å². The van der Waals surface area contributed by atoms with Crippen molar-refractivity contribution >= 4 is 17.5 Å². The molecule has 0 aliphatic heterocycles. The van der Waals surface area contributed by atoms with E-state index in [0.717, 1.165) is 11.1 Å². The van der Waals surface area contributed by atoms with E-state index in [2.05, 4.69) is 0 Å². The second-order valence-corrected chi connectivity index (χ2v) is 6.19. The first-order valence-electron chi connectivity index (χ1n) is 7.73. The van der Waals surface area contributed by atoms with Crippen molar-refractivity contribution in [3.8, 4) is 0 Å². The maximum atomic E-state index is 12.9. The van der Waals surface area contributed by atoms with E-state index >= 15 is 0 Å². The largest absolute Gasteiger partial charge is 0.396 e. The zero-order valence-corrected chi connectivity index (χ0v) is 14.3. The normalized spacial score (nSPS) is 10.6. The molecule has 0 aliphatic carbocycles. The van der Waals surface area contributed by atoms with Gasteiger partial charge in [0.05, 0.1) is 0 Å². The first-order valence-corrected chi connectivity index (χ1v) is 8.11. The van der Waals surface area contributed by atoms with Crippen molar-refractivity contribution in [1.82, 2.24) is 4.90 Å². The van der Waals surface area contributed by atoms with Gasteiger partial charge in [-0.05, 0) is 43.5 Å². The molecule has 0 saturated heterocycles. The van der Waals surface area contributed by atoms with Gasteiger partial charge in [-0.25, -0.2) is 0 Å². The molecule has 3 nitrogen and oxygen atoms in total. The molecule has 23 heavy (non-hydrogen) atoms. The molecule has 0 atom stereocenters. The number of carbonyl (C=O) groups is 1. The van der Waals surface area contributed by atoms with Gasteiger partial charge in [0, 0.05) is 30.3 Å². The maximum absolute atomic E-state index is 12.9. The molecule has 0 saturated carbocycles. The van der Waals surface area contributed by atoms with Crippen molar-refractivity contribution in [2.45, 2.75) is 26.8 Å². The van der Waals surface area contributed by atoms with Crippen molar-refractivity contribution in [3.05, 3.63) is 69.7 Å². The predicted octanol–water partition coefficient (Wildman–Crippen LogP) is 3.98. The van der Waals surface area contributed by atoms with Gasteiger partial charge in [0.25, 0.3) is 5.91 Å². The summed E-state index contributed by atoms with van der Waals surface area (Å²) in [7, 11) is 0. The zero-order valence-electron chi connectivity index (χ0n) is 13.6. The summed E-state index contributed by atoms with van der Waals surface area (Å²) in [6.45, 7) is 5.03. The fourth-order valence-corrected chi connectivity index (χ4v) is 2.59. The molecular formula is C19H22ClNO2. The van der Waals surface area contributed by atoms with Crippen molar-refractivity contribution in [2.75, 3.05) is 13.2 Å². The minimum atomic E-state index is -0.0565. The summed E-state index contributed by atoms with van der Waals surface area (Å²) < 4.78 is 0. The lowest BCUT2D eigenvalue weighted by atomic mass is 10.1. The van der Waals surface area contributed by atoms with Crippen LogP contribution in [-0.4, -0.2) is 29.1 Å². The smallest absolute Gasteiger partial charge is 0.254 e. The quantitative estimate of drug-likeness (QED) is 0.869. The zero-order chi connectivity index (χ0) is 16.8. The number of amides is 1. The first kappa shape index (κ1) is 17.5. The van der Waals surface area contributed by atoms with Gasteiger partial charge in [0.2, 0.25) is 0 Å². The van der Waals surface area contributed by atoms with Crippen LogP contribution in [0.4, 0.5) is 0 Å². The monoisotopic (exact) mass is 331 g/mol. The van der Waals surface area contributed by atoms with Crippen LogP contribution in [0, 0.1) is 13.8 Å². The highest BCUT2D eigenvalue weighted by atomic mass is 35.5. The third-order valence-corrected chi connectivity index (χ3v) is 4.03. The lowest BCUT2D eigenvalue weighted by Crippen LogP contribution is -2.32. The standard InChI is InChI=1S/C19H22ClNO2/c1-14-4-7-16(8-5-14)13-21(10-3-11-22)19(23)18-12-17(20)9-6-15(18)2/h4-9,12,22H,3,10-11,13H2,1-2H3. The Hall–Kier alpha value is -1.84. The maximum Gasteiger partial charge on any atom is 0.254 e. The number of carbonyl (C=O) groups excluding carboxylic acids is 1. The van der Waals surface area contributed by atoms with Crippen LogP contribution in [0.1, 0.15) is 33.5 Å². The molecule has 1 amide bonds. The average Bonchev–Trinajstić information content (AvgIpc) is 2.55. The number of aliphatic hydroxyl groups is 1. The number of aryl methyl sites for hydroxylation is 2. The lowest BCUT2D eigenvalue weighted by Gasteiger charge is -2.23. The van der Waals surface area contributed by atoms with E-state index in [9.17, 15) is 4.79 Å². The Labute approximate surface area is 142 Å². The van der Waals surface area contributed by atoms with Crippen molar-refractivity contribution < 1.29 is 9.90 Å². The van der Waals surface area contributed by atoms with Gasteiger partial charge in [-0.15, -0.1) is 0 Å². The highest BCUT2D eigenvalue weighted by Gasteiger charge is 2.18. The molecule has 0 bridgehead atoms. The summed E-state index contributed by atoms with van der Waals surface area (Å²) in [5.74, 6) is -0.0565. The Bertz CT molecular complexity index is 668. The van der Waals surface area contributed by atoms with Crippen molar-refractivity contribution in [3.63, 3.8) is 0 Å². The fraction of sp³-hybridized carbons (Fsp3) is 0.316. The summed E-state index contributed by atoms with van der Waals surface area (Å²) in [6.07, 6.45) is 0.553. The molecule has 0 heterocycles. The highest BCUT2D eigenvalue weighted by molar-refractivity contribution is 6.31. The minimum Gasteiger partial charge on any atom is -0.396 e. The van der Waals surface area contributed by atoms with Gasteiger partial charge in [-0.3, -0.25) is 4.79 Å². The number of aliphatic hydroxyl groups excluding tert-OH is 1. The van der Waals surface area contributed by atoms with Crippen LogP contribution >= 0.6 is 11.6 Å². The number of hydrogen-bond donors (Lipinski definition) is 1. The van der Waals surface area contributed by atoms with Gasteiger partial charge in [-0.1, -0.05) is 47.5 Å². The average molecular weight is 332 g/mol. The second-order valence-electron chi connectivity index (χ2n) is 5.75. The molecule has 122 valence electrons. The number of nitrogens with zero attached hydrogens (tertiary/aromatic N) is 1. The van der Waals surface area contributed by atoms with E-state index in [1.807, 2.05) is 44.2 Å². The molecule has 0 aliphatic rings. The molecule has 2 aromatic carbocycles. The first-order chi connectivity index (χ1) is 11.0. The van der Waals surface area contributed by atoms with E-state index < -0.39 is 0 Å². The molecule has 0 radical (unpaired) electrons. The van der Waals surface area contributed by atoms with Crippen LogP contribution in [0.2, 0.25) is 5.02 Å². The fourth-order valence-electron chi connectivity index (χ4n) is 2.42. The Morgan fingerprint density at radius 2 is 1.83 bits per heavy atom. The molecular weight excluding hydrogens is 310 g/mol. The van der Waals surface area contributed by atoms with E-state index in [-0.39, 0.29) is 12.5 Å². The number of hydrogen-bond acceptors (Lipinski definition) is 2.